The summed E-state index contributed by atoms with van der Waals surface area (Å²) < 4.78 is 23.0. The summed E-state index contributed by atoms with van der Waals surface area (Å²) in [7, 11) is 0. The van der Waals surface area contributed by atoms with Crippen LogP contribution >= 0.6 is 11.8 Å². The molecule has 2 aromatic rings. The Hall–Kier alpha value is -3.33. The maximum atomic E-state index is 13.0. The summed E-state index contributed by atoms with van der Waals surface area (Å²) in [5, 5.41) is 8.05. The number of carbonyl (C=O) groups is 2. The summed E-state index contributed by atoms with van der Waals surface area (Å²) in [5.41, 5.74) is 0.672. The molecule has 0 N–H and O–H groups in total. The lowest BCUT2D eigenvalue weighted by molar-refractivity contribution is -0.126. The van der Waals surface area contributed by atoms with Crippen LogP contribution < -0.4 is 23.4 Å². The first kappa shape index (κ1) is 26.9. The molecule has 1 amide bonds. The van der Waals surface area contributed by atoms with Crippen LogP contribution in [0.1, 0.15) is 34.6 Å². The van der Waals surface area contributed by atoms with E-state index in [1.807, 2.05) is 27.7 Å². The molecule has 10 heteroatoms. The van der Waals surface area contributed by atoms with Crippen molar-refractivity contribution in [1.29, 1.82) is 0 Å². The molecule has 0 aliphatic carbocycles. The lowest BCUT2D eigenvalue weighted by Gasteiger charge is -2.19. The van der Waals surface area contributed by atoms with Crippen LogP contribution in [0, 0.1) is 0 Å². The molecular formula is C24H30ClN3O6. The third-order valence-corrected chi connectivity index (χ3v) is 4.70. The van der Waals surface area contributed by atoms with Crippen LogP contribution in [0.5, 0.6) is 23.0 Å². The number of carbonyl (C=O) groups excluding carboxylic acids is 2. The average Bonchev–Trinajstić information content (AvgIpc) is 2.80. The Morgan fingerprint density at radius 3 is 1.94 bits per heavy atom. The summed E-state index contributed by atoms with van der Waals surface area (Å²) in [6.45, 7) is 10.4. The Morgan fingerprint density at radius 2 is 1.41 bits per heavy atom. The van der Waals surface area contributed by atoms with Gasteiger partial charge in [-0.3, -0.25) is 9.59 Å². The first-order chi connectivity index (χ1) is 16.3. The summed E-state index contributed by atoms with van der Waals surface area (Å²) in [5.74, 6) is 0.725. The van der Waals surface area contributed by atoms with Gasteiger partial charge in [0.25, 0.3) is 5.91 Å². The zero-order valence-electron chi connectivity index (χ0n) is 20.0. The van der Waals surface area contributed by atoms with Crippen LogP contribution in [0.4, 0.5) is 11.4 Å². The minimum absolute atomic E-state index is 0.280. The van der Waals surface area contributed by atoms with E-state index in [2.05, 4.69) is 10.2 Å². The number of benzene rings is 2. The highest BCUT2D eigenvalue weighted by atomic mass is 35.5. The molecule has 2 rings (SSSR count). The number of hydrogen-bond acceptors (Lipinski definition) is 8. The van der Waals surface area contributed by atoms with Crippen LogP contribution in [0.3, 0.4) is 0 Å². The van der Waals surface area contributed by atoms with Crippen molar-refractivity contribution in [2.75, 3.05) is 30.8 Å². The van der Waals surface area contributed by atoms with Gasteiger partial charge in [0.15, 0.2) is 17.3 Å². The number of rotatable bonds is 13. The number of Topliss-reactive ketones (excluding diaryl/α,β-unsaturated/α-hetero) is 1. The highest BCUT2D eigenvalue weighted by Gasteiger charge is 2.29. The maximum Gasteiger partial charge on any atom is 0.276 e. The molecule has 0 saturated carbocycles. The number of anilines is 1. The van der Waals surface area contributed by atoms with Crippen LogP contribution in [-0.4, -0.2) is 44.2 Å². The van der Waals surface area contributed by atoms with E-state index >= 15 is 0 Å². The predicted octanol–water partition coefficient (Wildman–Crippen LogP) is 5.51. The second-order valence-electron chi connectivity index (χ2n) is 6.87. The Bertz CT molecular complexity index is 990. The number of nitrogens with zero attached hydrogens (tertiary/aromatic N) is 3. The molecule has 0 aliphatic rings. The van der Waals surface area contributed by atoms with E-state index in [-0.39, 0.29) is 5.69 Å². The first-order valence-corrected chi connectivity index (χ1v) is 11.4. The van der Waals surface area contributed by atoms with E-state index in [4.69, 9.17) is 30.7 Å². The smallest absolute Gasteiger partial charge is 0.276 e. The van der Waals surface area contributed by atoms with Gasteiger partial charge in [-0.15, -0.1) is 0 Å². The Kier molecular flexibility index (Phi) is 10.6. The van der Waals surface area contributed by atoms with Crippen molar-refractivity contribution in [3.05, 3.63) is 36.4 Å². The van der Waals surface area contributed by atoms with E-state index in [9.17, 15) is 9.59 Å². The molecule has 0 aliphatic heterocycles. The van der Waals surface area contributed by atoms with Crippen molar-refractivity contribution < 1.29 is 28.5 Å². The molecule has 1 unspecified atom stereocenters. The maximum absolute atomic E-state index is 13.0. The number of halogens is 1. The third kappa shape index (κ3) is 7.34. The van der Waals surface area contributed by atoms with Gasteiger partial charge < -0.3 is 18.9 Å². The van der Waals surface area contributed by atoms with Crippen molar-refractivity contribution in [3.63, 3.8) is 0 Å². The second kappa shape index (κ2) is 13.4. The molecule has 34 heavy (non-hydrogen) atoms. The minimum Gasteiger partial charge on any atom is -0.494 e. The Morgan fingerprint density at radius 1 is 0.853 bits per heavy atom. The molecule has 184 valence electrons. The van der Waals surface area contributed by atoms with Gasteiger partial charge in [-0.25, -0.2) is 4.42 Å². The zero-order valence-corrected chi connectivity index (χ0v) is 20.8. The largest absolute Gasteiger partial charge is 0.494 e. The van der Waals surface area contributed by atoms with Gasteiger partial charge >= 0.3 is 0 Å². The highest BCUT2D eigenvalue weighted by Crippen LogP contribution is 2.33. The first-order valence-electron chi connectivity index (χ1n) is 11.1. The normalized spacial score (nSPS) is 11.7. The Labute approximate surface area is 204 Å². The van der Waals surface area contributed by atoms with Gasteiger partial charge in [0.1, 0.15) is 11.5 Å². The minimum atomic E-state index is -1.44. The lowest BCUT2D eigenvalue weighted by atomic mass is 10.2. The van der Waals surface area contributed by atoms with Crippen molar-refractivity contribution in [3.8, 4) is 23.0 Å². The molecule has 1 atom stereocenters. The third-order valence-electron chi connectivity index (χ3n) is 4.34. The standard InChI is InChI=1S/C24H30ClN3O6/c1-6-31-19-13-18(14-20(15-19)32-7-2)28(25)24(30)23(16(5)29)27-26-17-10-11-21(33-8-3)22(12-17)34-9-4/h10-15,23H,6-9H2,1-5H3. The molecule has 0 radical (unpaired) electrons. The number of hydrogen-bond donors (Lipinski definition) is 0. The van der Waals surface area contributed by atoms with Crippen LogP contribution in [0.15, 0.2) is 46.6 Å². The molecular weight excluding hydrogens is 462 g/mol. The van der Waals surface area contributed by atoms with Gasteiger partial charge in [-0.05, 0) is 46.8 Å². The number of ether oxygens (including phenoxy) is 4. The van der Waals surface area contributed by atoms with Crippen molar-refractivity contribution in [2.45, 2.75) is 40.7 Å². The summed E-state index contributed by atoms with van der Waals surface area (Å²) in [4.78, 5) is 25.3. The Balaban J connectivity index is 2.31. The van der Waals surface area contributed by atoms with E-state index in [1.54, 1.807) is 36.4 Å². The van der Waals surface area contributed by atoms with Crippen LogP contribution in [0.2, 0.25) is 0 Å². The monoisotopic (exact) mass is 491 g/mol. The molecule has 9 nitrogen and oxygen atoms in total. The van der Waals surface area contributed by atoms with Gasteiger partial charge in [0.05, 0.1) is 37.8 Å². The van der Waals surface area contributed by atoms with Crippen molar-refractivity contribution in [1.82, 2.24) is 0 Å². The lowest BCUT2D eigenvalue weighted by Crippen LogP contribution is -2.36. The van der Waals surface area contributed by atoms with E-state index in [0.29, 0.717) is 55.1 Å². The quantitative estimate of drug-likeness (QED) is 0.208. The molecule has 0 bridgehead atoms. The van der Waals surface area contributed by atoms with Crippen LogP contribution in [0.25, 0.3) is 0 Å². The molecule has 0 fully saturated rings. The summed E-state index contributed by atoms with van der Waals surface area (Å²) in [6, 6.07) is 8.37. The zero-order chi connectivity index (χ0) is 25.1. The topological polar surface area (TPSA) is 99.0 Å². The molecule has 0 aromatic heterocycles. The fourth-order valence-electron chi connectivity index (χ4n) is 2.94. The van der Waals surface area contributed by atoms with Gasteiger partial charge in [-0.2, -0.15) is 10.2 Å². The van der Waals surface area contributed by atoms with Gasteiger partial charge in [0, 0.05) is 36.0 Å². The van der Waals surface area contributed by atoms with Crippen molar-refractivity contribution >= 4 is 34.8 Å². The number of amides is 1. The van der Waals surface area contributed by atoms with Gasteiger partial charge in [-0.1, -0.05) is 0 Å². The fraction of sp³-hybridized carbons (Fsp3) is 0.417. The van der Waals surface area contributed by atoms with Crippen LogP contribution in [-0.2, 0) is 9.59 Å². The number of azo groups is 1. The molecule has 0 heterocycles. The number of ketones is 1. The van der Waals surface area contributed by atoms with Crippen molar-refractivity contribution in [2.24, 2.45) is 10.2 Å². The SMILES string of the molecule is CCOc1cc(OCC)cc(N(Cl)C(=O)C(N=Nc2ccc(OCC)c(OCC)c2)C(C)=O)c1. The average molecular weight is 492 g/mol. The van der Waals surface area contributed by atoms with E-state index in [1.165, 1.54) is 6.92 Å². The fourth-order valence-corrected chi connectivity index (χ4v) is 3.13. The summed E-state index contributed by atoms with van der Waals surface area (Å²) in [6.07, 6.45) is 0. The summed E-state index contributed by atoms with van der Waals surface area (Å²) >= 11 is 6.33. The molecule has 0 spiro atoms. The highest BCUT2D eigenvalue weighted by molar-refractivity contribution is 6.39. The second-order valence-corrected chi connectivity index (χ2v) is 7.21. The van der Waals surface area contributed by atoms with E-state index in [0.717, 1.165) is 4.42 Å². The molecule has 0 saturated heterocycles. The predicted molar refractivity (Wildman–Crippen MR) is 130 cm³/mol. The molecule has 2 aromatic carbocycles. The van der Waals surface area contributed by atoms with Gasteiger partial charge in [0.2, 0.25) is 6.04 Å². The van der Waals surface area contributed by atoms with E-state index < -0.39 is 17.7 Å².